The lowest BCUT2D eigenvalue weighted by Crippen LogP contribution is -2.44. The van der Waals surface area contributed by atoms with Crippen LogP contribution in [0.2, 0.25) is 0 Å². The van der Waals surface area contributed by atoms with E-state index < -0.39 is 10.0 Å². The number of carbonyl (C=O) groups excluding carboxylic acids is 1. The van der Waals surface area contributed by atoms with Gasteiger partial charge in [0.15, 0.2) is 0 Å². The van der Waals surface area contributed by atoms with Gasteiger partial charge in [0, 0.05) is 38.3 Å². The highest BCUT2D eigenvalue weighted by atomic mass is 32.2. The Morgan fingerprint density at radius 1 is 1.17 bits per heavy atom. The number of benzene rings is 1. The van der Waals surface area contributed by atoms with Gasteiger partial charge in [0.1, 0.15) is 12.4 Å². The molecule has 9 heteroatoms. The normalized spacial score (nSPS) is 19.4. The maximum absolute atomic E-state index is 12.9. The molecular weight excluding hydrogens is 404 g/mol. The third kappa shape index (κ3) is 6.02. The zero-order valence-corrected chi connectivity index (χ0v) is 18.5. The molecule has 1 aromatic rings. The maximum atomic E-state index is 12.9. The fourth-order valence-electron chi connectivity index (χ4n) is 3.68. The second-order valence-electron chi connectivity index (χ2n) is 7.66. The first-order chi connectivity index (χ1) is 14.5. The molecule has 166 valence electrons. The third-order valence-corrected chi connectivity index (χ3v) is 6.86. The number of nitrogens with one attached hydrogen (secondary N) is 1. The van der Waals surface area contributed by atoms with Crippen molar-refractivity contribution in [1.82, 2.24) is 14.5 Å². The number of sulfonamides is 1. The second-order valence-corrected chi connectivity index (χ2v) is 9.31. The van der Waals surface area contributed by atoms with Crippen molar-refractivity contribution in [1.29, 1.82) is 0 Å². The molecule has 0 saturated carbocycles. The number of amidine groups is 1. The maximum Gasteiger partial charge on any atom is 0.263 e. The van der Waals surface area contributed by atoms with E-state index in [0.29, 0.717) is 18.7 Å². The van der Waals surface area contributed by atoms with Crippen molar-refractivity contribution in [3.63, 3.8) is 0 Å². The summed E-state index contributed by atoms with van der Waals surface area (Å²) in [6, 6.07) is 6.69. The Morgan fingerprint density at radius 2 is 1.93 bits per heavy atom. The van der Waals surface area contributed by atoms with E-state index >= 15 is 0 Å². The van der Waals surface area contributed by atoms with E-state index in [1.165, 1.54) is 0 Å². The zero-order chi connectivity index (χ0) is 21.4. The Balaban J connectivity index is 1.62. The number of hydrogen-bond acceptors (Lipinski definition) is 6. The first-order valence-electron chi connectivity index (χ1n) is 10.8. The van der Waals surface area contributed by atoms with Gasteiger partial charge in [0.05, 0.1) is 18.1 Å². The largest absolute Gasteiger partial charge is 0.379 e. The lowest BCUT2D eigenvalue weighted by molar-refractivity contribution is -0.130. The van der Waals surface area contributed by atoms with Gasteiger partial charge in [0.25, 0.3) is 10.0 Å². The van der Waals surface area contributed by atoms with E-state index in [4.69, 9.17) is 4.74 Å². The molecule has 0 aliphatic carbocycles. The van der Waals surface area contributed by atoms with Crippen molar-refractivity contribution in [2.45, 2.75) is 37.5 Å². The standard InChI is InChI=1S/C21H32N4O4S/c1-2-3-4-7-10-25(12-11-24-13-15-29-16-14-24)20(26)17-22-21-18-8-5-6-9-19(18)30(27,28)23-21/h5-6,8-9H,2-4,7,10-17H2,1H3,(H,22,23). The first kappa shape index (κ1) is 22.7. The molecular formula is C21H32N4O4S. The van der Waals surface area contributed by atoms with Crippen LogP contribution in [0, 0.1) is 0 Å². The van der Waals surface area contributed by atoms with Gasteiger partial charge >= 0.3 is 0 Å². The Labute approximate surface area is 179 Å². The number of fused-ring (bicyclic) bond motifs is 1. The van der Waals surface area contributed by atoms with Gasteiger partial charge in [-0.25, -0.2) is 8.42 Å². The van der Waals surface area contributed by atoms with E-state index in [-0.39, 0.29) is 23.2 Å². The summed E-state index contributed by atoms with van der Waals surface area (Å²) in [6.45, 7) is 7.51. The zero-order valence-electron chi connectivity index (χ0n) is 17.7. The predicted molar refractivity (Wildman–Crippen MR) is 116 cm³/mol. The molecule has 0 atom stereocenters. The van der Waals surface area contributed by atoms with Crippen LogP contribution in [-0.2, 0) is 19.6 Å². The van der Waals surface area contributed by atoms with E-state index in [1.807, 2.05) is 4.90 Å². The van der Waals surface area contributed by atoms with Crippen LogP contribution in [-0.4, -0.2) is 82.4 Å². The molecule has 2 aliphatic heterocycles. The molecule has 1 N–H and O–H groups in total. The minimum absolute atomic E-state index is 0.0664. The van der Waals surface area contributed by atoms with Crippen LogP contribution < -0.4 is 4.72 Å². The van der Waals surface area contributed by atoms with Crippen molar-refractivity contribution in [3.8, 4) is 0 Å². The van der Waals surface area contributed by atoms with Gasteiger partial charge in [-0.3, -0.25) is 19.4 Å². The van der Waals surface area contributed by atoms with Crippen LogP contribution in [0.4, 0.5) is 0 Å². The number of aliphatic imine (C=N–C) groups is 1. The van der Waals surface area contributed by atoms with Gasteiger partial charge < -0.3 is 9.64 Å². The Bertz CT molecular complexity index is 850. The summed E-state index contributed by atoms with van der Waals surface area (Å²) in [5, 5.41) is 0. The molecule has 0 radical (unpaired) electrons. The van der Waals surface area contributed by atoms with Crippen LogP contribution in [0.1, 0.15) is 38.2 Å². The van der Waals surface area contributed by atoms with Gasteiger partial charge in [-0.05, 0) is 18.6 Å². The van der Waals surface area contributed by atoms with Gasteiger partial charge in [-0.1, -0.05) is 38.3 Å². The summed E-state index contributed by atoms with van der Waals surface area (Å²) >= 11 is 0. The van der Waals surface area contributed by atoms with Gasteiger partial charge in [0.2, 0.25) is 5.91 Å². The average Bonchev–Trinajstić information content (AvgIpc) is 3.02. The number of hydrogen-bond donors (Lipinski definition) is 1. The number of amides is 1. The predicted octanol–water partition coefficient (Wildman–Crippen LogP) is 1.47. The van der Waals surface area contributed by atoms with Gasteiger partial charge in [-0.15, -0.1) is 0 Å². The van der Waals surface area contributed by atoms with Crippen LogP contribution in [0.25, 0.3) is 0 Å². The van der Waals surface area contributed by atoms with Crippen LogP contribution >= 0.6 is 0 Å². The smallest absolute Gasteiger partial charge is 0.263 e. The minimum Gasteiger partial charge on any atom is -0.379 e. The SMILES string of the molecule is CCCCCCN(CCN1CCOCC1)C(=O)CN=C1NS(=O)(=O)c2ccccc21. The van der Waals surface area contributed by atoms with E-state index in [2.05, 4.69) is 21.5 Å². The molecule has 8 nitrogen and oxygen atoms in total. The summed E-state index contributed by atoms with van der Waals surface area (Å²) in [4.78, 5) is 21.6. The average molecular weight is 437 g/mol. The Morgan fingerprint density at radius 3 is 2.70 bits per heavy atom. The highest BCUT2D eigenvalue weighted by Gasteiger charge is 2.30. The molecule has 30 heavy (non-hydrogen) atoms. The van der Waals surface area contributed by atoms with E-state index in [0.717, 1.165) is 58.5 Å². The molecule has 1 saturated heterocycles. The lowest BCUT2D eigenvalue weighted by Gasteiger charge is -2.30. The Kier molecular flexibility index (Phi) is 8.24. The van der Waals surface area contributed by atoms with Crippen molar-refractivity contribution in [2.75, 3.05) is 52.5 Å². The van der Waals surface area contributed by atoms with Crippen LogP contribution in [0.15, 0.2) is 34.2 Å². The fraction of sp³-hybridized carbons (Fsp3) is 0.619. The van der Waals surface area contributed by atoms with E-state index in [1.54, 1.807) is 24.3 Å². The van der Waals surface area contributed by atoms with Crippen LogP contribution in [0.3, 0.4) is 0 Å². The highest BCUT2D eigenvalue weighted by Crippen LogP contribution is 2.22. The summed E-state index contributed by atoms with van der Waals surface area (Å²) in [6.07, 6.45) is 4.37. The molecule has 3 rings (SSSR count). The number of morpholine rings is 1. The van der Waals surface area contributed by atoms with Gasteiger partial charge in [-0.2, -0.15) is 0 Å². The molecule has 1 amide bonds. The van der Waals surface area contributed by atoms with Crippen LogP contribution in [0.5, 0.6) is 0 Å². The molecule has 1 fully saturated rings. The molecule has 0 aromatic heterocycles. The molecule has 2 heterocycles. The Hall–Kier alpha value is -1.97. The minimum atomic E-state index is -3.59. The molecule has 0 unspecified atom stereocenters. The van der Waals surface area contributed by atoms with E-state index in [9.17, 15) is 13.2 Å². The summed E-state index contributed by atoms with van der Waals surface area (Å²) in [7, 11) is -3.59. The van der Waals surface area contributed by atoms with Crippen molar-refractivity contribution in [3.05, 3.63) is 29.8 Å². The molecule has 2 aliphatic rings. The third-order valence-electron chi connectivity index (χ3n) is 5.46. The topological polar surface area (TPSA) is 91.3 Å². The monoisotopic (exact) mass is 436 g/mol. The number of ether oxygens (including phenoxy) is 1. The molecule has 1 aromatic carbocycles. The summed E-state index contributed by atoms with van der Waals surface area (Å²) < 4.78 is 32.3. The number of carbonyl (C=O) groups is 1. The number of nitrogens with zero attached hydrogens (tertiary/aromatic N) is 3. The number of rotatable bonds is 10. The quantitative estimate of drug-likeness (QED) is 0.561. The van der Waals surface area contributed by atoms with Crippen molar-refractivity contribution < 1.29 is 17.9 Å². The summed E-state index contributed by atoms with van der Waals surface area (Å²) in [5.41, 5.74) is 0.521. The molecule has 0 bridgehead atoms. The second kappa shape index (κ2) is 10.9. The lowest BCUT2D eigenvalue weighted by atomic mass is 10.2. The number of unbranched alkanes of at least 4 members (excludes halogenated alkanes) is 3. The molecule has 0 spiro atoms. The summed E-state index contributed by atoms with van der Waals surface area (Å²) in [5.74, 6) is 0.175. The van der Waals surface area contributed by atoms with Crippen molar-refractivity contribution >= 4 is 21.8 Å². The fourth-order valence-corrected chi connectivity index (χ4v) is 4.93. The van der Waals surface area contributed by atoms with Crippen molar-refractivity contribution in [2.24, 2.45) is 4.99 Å². The highest BCUT2D eigenvalue weighted by molar-refractivity contribution is 7.90. The first-order valence-corrected chi connectivity index (χ1v) is 12.2.